The highest BCUT2D eigenvalue weighted by molar-refractivity contribution is 5.85. The molecule has 0 aromatic rings. The quantitative estimate of drug-likeness (QED) is 0.113. The predicted octanol–water partition coefficient (Wildman–Crippen LogP) is 3.91. The van der Waals surface area contributed by atoms with E-state index in [1.165, 1.54) is 0 Å². The molecule has 0 spiro atoms. The van der Waals surface area contributed by atoms with Gasteiger partial charge in [-0.15, -0.1) is 0 Å². The van der Waals surface area contributed by atoms with E-state index >= 15 is 0 Å². The third kappa shape index (κ3) is 7.39. The number of cyclic esters (lactones) is 1. The standard InChI is InChI=1S/C41H62O13/c1-22(20-43)49-34(11-15-42)53-37-23(2)51-36(19-32(37)45)54-38-24(3)50-35(18-31(38)44)52-27-8-12-39(4)26(17-27)6-7-30-29(39)9-13-40(5)28(10-14-41(30,40)47)25-16-33(46)48-21-25/h15-16,20,22-24,26-32,34-38,44-45,47H,6-14,17-19,21H2,1-5H3/t22-,23-,24-,26-,27+,28-,29+,30-,31+,32+,34-,35+,36+,37-,38-,39+,40-,41+/m1/s1. The van der Waals surface area contributed by atoms with Crippen molar-refractivity contribution in [1.29, 1.82) is 0 Å². The van der Waals surface area contributed by atoms with Crippen molar-refractivity contribution in [2.75, 3.05) is 6.61 Å². The molecule has 0 radical (unpaired) electrons. The number of carbonyl (C=O) groups is 3. The van der Waals surface area contributed by atoms with Crippen LogP contribution in [0.25, 0.3) is 0 Å². The number of esters is 1. The van der Waals surface area contributed by atoms with E-state index in [9.17, 15) is 29.7 Å². The first-order valence-corrected chi connectivity index (χ1v) is 20.5. The molecule has 3 aliphatic heterocycles. The highest BCUT2D eigenvalue weighted by Gasteiger charge is 2.67. The van der Waals surface area contributed by atoms with E-state index in [4.69, 9.17) is 33.2 Å². The van der Waals surface area contributed by atoms with Gasteiger partial charge in [0.2, 0.25) is 0 Å². The number of fused-ring (bicyclic) bond motifs is 5. The molecular weight excluding hydrogens is 700 g/mol. The number of aliphatic hydroxyl groups excluding tert-OH is 2. The first-order valence-electron chi connectivity index (χ1n) is 20.5. The van der Waals surface area contributed by atoms with Crippen LogP contribution >= 0.6 is 0 Å². The zero-order chi connectivity index (χ0) is 38.6. The van der Waals surface area contributed by atoms with Gasteiger partial charge >= 0.3 is 5.97 Å². The second kappa shape index (κ2) is 15.9. The van der Waals surface area contributed by atoms with Gasteiger partial charge in [0, 0.05) is 24.3 Å². The molecule has 7 rings (SSSR count). The summed E-state index contributed by atoms with van der Waals surface area (Å²) in [4.78, 5) is 34.1. The second-order valence-corrected chi connectivity index (χ2v) is 18.0. The summed E-state index contributed by atoms with van der Waals surface area (Å²) in [6, 6.07) is 0. The Bertz CT molecular complexity index is 1380. The van der Waals surface area contributed by atoms with Crippen molar-refractivity contribution in [1.82, 2.24) is 0 Å². The number of hydrogen-bond acceptors (Lipinski definition) is 13. The van der Waals surface area contributed by atoms with Gasteiger partial charge < -0.3 is 58.1 Å². The van der Waals surface area contributed by atoms with Gasteiger partial charge in [-0.05, 0) is 113 Å². The Labute approximate surface area is 318 Å². The van der Waals surface area contributed by atoms with Crippen molar-refractivity contribution >= 4 is 18.5 Å². The van der Waals surface area contributed by atoms with E-state index in [1.54, 1.807) is 19.9 Å². The molecular formula is C41H62O13. The smallest absolute Gasteiger partial charge is 0.331 e. The van der Waals surface area contributed by atoms with Gasteiger partial charge in [-0.2, -0.15) is 0 Å². The summed E-state index contributed by atoms with van der Waals surface area (Å²) >= 11 is 0. The minimum atomic E-state index is -1.01. The summed E-state index contributed by atoms with van der Waals surface area (Å²) < 4.78 is 41.7. The summed E-state index contributed by atoms with van der Waals surface area (Å²) in [5.74, 6) is 1.10. The molecule has 0 amide bonds. The Morgan fingerprint density at radius 3 is 2.24 bits per heavy atom. The van der Waals surface area contributed by atoms with Crippen molar-refractivity contribution in [3.63, 3.8) is 0 Å². The molecule has 6 fully saturated rings. The minimum Gasteiger partial charge on any atom is -0.458 e. The van der Waals surface area contributed by atoms with Crippen LogP contribution in [-0.4, -0.2) is 114 Å². The molecule has 0 aromatic heterocycles. The monoisotopic (exact) mass is 762 g/mol. The van der Waals surface area contributed by atoms with Gasteiger partial charge in [-0.3, -0.25) is 0 Å². The molecule has 18 atom stereocenters. The molecule has 7 aliphatic rings. The van der Waals surface area contributed by atoms with E-state index in [-0.39, 0.29) is 54.0 Å². The van der Waals surface area contributed by atoms with Gasteiger partial charge in [-0.1, -0.05) is 13.8 Å². The molecule has 3 heterocycles. The normalized spacial score (nSPS) is 48.8. The zero-order valence-electron chi connectivity index (χ0n) is 32.5. The maximum absolute atomic E-state index is 12.6. The van der Waals surface area contributed by atoms with Crippen LogP contribution < -0.4 is 0 Å². The van der Waals surface area contributed by atoms with E-state index in [0.717, 1.165) is 63.4 Å². The van der Waals surface area contributed by atoms with Crippen LogP contribution in [0.5, 0.6) is 0 Å². The summed E-state index contributed by atoms with van der Waals surface area (Å²) in [6.07, 6.45) is 4.02. The number of aliphatic hydroxyl groups is 3. The topological polar surface area (TPSA) is 177 Å². The number of carbonyl (C=O) groups excluding carboxylic acids is 3. The molecule has 4 saturated carbocycles. The Hall–Kier alpha value is -1.81. The molecule has 13 heteroatoms. The van der Waals surface area contributed by atoms with Crippen molar-refractivity contribution in [2.45, 2.75) is 185 Å². The van der Waals surface area contributed by atoms with Crippen LogP contribution in [0.2, 0.25) is 0 Å². The van der Waals surface area contributed by atoms with Crippen LogP contribution in [-0.2, 0) is 47.5 Å². The van der Waals surface area contributed by atoms with Crippen LogP contribution in [0.1, 0.15) is 112 Å². The van der Waals surface area contributed by atoms with Crippen LogP contribution in [0.15, 0.2) is 11.6 Å². The fourth-order valence-electron chi connectivity index (χ4n) is 12.2. The summed E-state index contributed by atoms with van der Waals surface area (Å²) in [5.41, 5.74) is 0.188. The maximum Gasteiger partial charge on any atom is 0.331 e. The molecule has 4 aliphatic carbocycles. The molecule has 0 unspecified atom stereocenters. The Morgan fingerprint density at radius 1 is 0.889 bits per heavy atom. The van der Waals surface area contributed by atoms with Gasteiger partial charge in [0.1, 0.15) is 37.5 Å². The number of aldehydes is 2. The fourth-order valence-corrected chi connectivity index (χ4v) is 12.2. The molecule has 3 N–H and O–H groups in total. The van der Waals surface area contributed by atoms with Crippen LogP contribution in [0.3, 0.4) is 0 Å². The number of ether oxygens (including phenoxy) is 7. The van der Waals surface area contributed by atoms with E-state index < -0.39 is 67.2 Å². The fraction of sp³-hybridized carbons (Fsp3) is 0.878. The average Bonchev–Trinajstić information content (AvgIpc) is 3.67. The van der Waals surface area contributed by atoms with Crippen molar-refractivity contribution in [3.05, 3.63) is 11.6 Å². The number of hydrogen-bond donors (Lipinski definition) is 3. The lowest BCUT2D eigenvalue weighted by atomic mass is 9.43. The molecule has 54 heavy (non-hydrogen) atoms. The molecule has 304 valence electrons. The second-order valence-electron chi connectivity index (χ2n) is 18.0. The lowest BCUT2D eigenvalue weighted by Crippen LogP contribution is -2.62. The Morgan fingerprint density at radius 2 is 1.59 bits per heavy atom. The molecule has 0 aromatic carbocycles. The van der Waals surface area contributed by atoms with Crippen molar-refractivity contribution < 1.29 is 62.9 Å². The Balaban J connectivity index is 0.905. The van der Waals surface area contributed by atoms with Crippen molar-refractivity contribution in [3.8, 4) is 0 Å². The maximum atomic E-state index is 12.6. The minimum absolute atomic E-state index is 0.0114. The van der Waals surface area contributed by atoms with Gasteiger partial charge in [0.25, 0.3) is 0 Å². The lowest BCUT2D eigenvalue weighted by Gasteiger charge is -2.64. The lowest BCUT2D eigenvalue weighted by molar-refractivity contribution is -0.328. The third-order valence-corrected chi connectivity index (χ3v) is 15.0. The molecule has 13 nitrogen and oxygen atoms in total. The van der Waals surface area contributed by atoms with E-state index in [1.807, 2.05) is 6.92 Å². The highest BCUT2D eigenvalue weighted by Crippen LogP contribution is 2.70. The van der Waals surface area contributed by atoms with Gasteiger partial charge in [0.15, 0.2) is 18.9 Å². The van der Waals surface area contributed by atoms with Gasteiger partial charge in [-0.25, -0.2) is 4.79 Å². The zero-order valence-corrected chi connectivity index (χ0v) is 32.5. The SMILES string of the molecule is C[C@H](C=O)O[C@@H](CC=O)O[C@H]1[C@@H](O)C[C@H](O[C@H]2[C@@H](O)C[C@H](O[C@H]3CC[C@@]4(C)[C@H](CC[C@@H]5[C@@H]4CC[C@]4(C)[C@@H](C6=CC(=O)OC6)CC[C@]54O)C3)O[C@@H]2C)O[C@@H]1C. The first-order chi connectivity index (χ1) is 25.7. The van der Waals surface area contributed by atoms with Crippen LogP contribution in [0, 0.1) is 34.5 Å². The first kappa shape index (κ1) is 40.4. The predicted molar refractivity (Wildman–Crippen MR) is 191 cm³/mol. The average molecular weight is 763 g/mol. The largest absolute Gasteiger partial charge is 0.458 e. The summed E-state index contributed by atoms with van der Waals surface area (Å²) in [5, 5.41) is 34.8. The van der Waals surface area contributed by atoms with Gasteiger partial charge in [0.05, 0.1) is 42.5 Å². The summed E-state index contributed by atoms with van der Waals surface area (Å²) in [7, 11) is 0. The molecule has 0 bridgehead atoms. The van der Waals surface area contributed by atoms with E-state index in [0.29, 0.717) is 31.0 Å². The number of rotatable bonds is 12. The third-order valence-electron chi connectivity index (χ3n) is 15.0. The van der Waals surface area contributed by atoms with Crippen molar-refractivity contribution in [2.24, 2.45) is 34.5 Å². The highest BCUT2D eigenvalue weighted by atomic mass is 16.7. The summed E-state index contributed by atoms with van der Waals surface area (Å²) in [6.45, 7) is 10.2. The molecule has 2 saturated heterocycles. The van der Waals surface area contributed by atoms with E-state index in [2.05, 4.69) is 13.8 Å². The van der Waals surface area contributed by atoms with Crippen LogP contribution in [0.4, 0.5) is 0 Å². The Kier molecular flexibility index (Phi) is 11.9.